The average molecular weight is 613 g/mol. The van der Waals surface area contributed by atoms with Crippen molar-refractivity contribution in [3.63, 3.8) is 0 Å². The molecule has 0 N–H and O–H groups in total. The summed E-state index contributed by atoms with van der Waals surface area (Å²) in [6.45, 7) is 0. The zero-order chi connectivity index (χ0) is 31.9. The van der Waals surface area contributed by atoms with Gasteiger partial charge in [-0.3, -0.25) is 15.0 Å². The summed E-state index contributed by atoms with van der Waals surface area (Å²) in [7, 11) is 0. The topological polar surface area (TPSA) is 51.6 Å². The van der Waals surface area contributed by atoms with E-state index in [1.807, 2.05) is 30.5 Å². The van der Waals surface area contributed by atoms with E-state index in [9.17, 15) is 0 Å². The number of fused-ring (bicyclic) bond motifs is 4. The molecule has 9 aromatic rings. The molecule has 4 heterocycles. The van der Waals surface area contributed by atoms with Gasteiger partial charge in [-0.15, -0.1) is 0 Å². The first-order valence-electron chi connectivity index (χ1n) is 16.0. The lowest BCUT2D eigenvalue weighted by atomic mass is 9.91. The van der Waals surface area contributed by atoms with Crippen LogP contribution in [0.5, 0.6) is 0 Å². The van der Waals surface area contributed by atoms with Gasteiger partial charge >= 0.3 is 0 Å². The second-order valence-corrected chi connectivity index (χ2v) is 12.0. The minimum Gasteiger partial charge on any atom is -0.265 e. The van der Waals surface area contributed by atoms with Gasteiger partial charge in [0.2, 0.25) is 0 Å². The summed E-state index contributed by atoms with van der Waals surface area (Å²) in [6.07, 6.45) is 9.19. The number of aromatic nitrogens is 4. The number of hydrogen-bond acceptors (Lipinski definition) is 4. The van der Waals surface area contributed by atoms with Crippen LogP contribution in [-0.2, 0) is 0 Å². The van der Waals surface area contributed by atoms with Crippen molar-refractivity contribution in [2.75, 3.05) is 0 Å². The lowest BCUT2D eigenvalue weighted by Crippen LogP contribution is -1.92. The second-order valence-electron chi connectivity index (χ2n) is 12.0. The monoisotopic (exact) mass is 612 g/mol. The third kappa shape index (κ3) is 4.97. The molecule has 0 spiro atoms. The van der Waals surface area contributed by atoms with Gasteiger partial charge in [0.1, 0.15) is 0 Å². The molecule has 4 heteroatoms. The highest BCUT2D eigenvalue weighted by atomic mass is 14.7. The van der Waals surface area contributed by atoms with Crippen molar-refractivity contribution in [2.45, 2.75) is 0 Å². The van der Waals surface area contributed by atoms with Crippen molar-refractivity contribution in [1.29, 1.82) is 0 Å². The van der Waals surface area contributed by atoms with Crippen LogP contribution >= 0.6 is 0 Å². The molecular weight excluding hydrogens is 585 g/mol. The van der Waals surface area contributed by atoms with Crippen LogP contribution in [0.25, 0.3) is 88.3 Å². The molecule has 0 unspecified atom stereocenters. The Kier molecular flexibility index (Phi) is 6.76. The molecule has 224 valence electrons. The molecule has 0 fully saturated rings. The maximum Gasteiger partial charge on any atom is 0.0716 e. The summed E-state index contributed by atoms with van der Waals surface area (Å²) < 4.78 is 0. The Morgan fingerprint density at radius 3 is 1.54 bits per heavy atom. The van der Waals surface area contributed by atoms with E-state index in [1.165, 1.54) is 38.2 Å². The average Bonchev–Trinajstić information content (AvgIpc) is 3.18. The molecule has 0 bridgehead atoms. The highest BCUT2D eigenvalue weighted by molar-refractivity contribution is 6.09. The maximum atomic E-state index is 5.00. The Balaban J connectivity index is 1.11. The minimum absolute atomic E-state index is 0.907. The van der Waals surface area contributed by atoms with Gasteiger partial charge in [0, 0.05) is 52.9 Å². The summed E-state index contributed by atoms with van der Waals surface area (Å²) in [5, 5.41) is 6.00. The van der Waals surface area contributed by atoms with Crippen molar-refractivity contribution in [2.24, 2.45) is 0 Å². The summed E-state index contributed by atoms with van der Waals surface area (Å²) in [5.41, 5.74) is 11.8. The maximum absolute atomic E-state index is 5.00. The summed E-state index contributed by atoms with van der Waals surface area (Å²) in [5.74, 6) is 0. The van der Waals surface area contributed by atoms with E-state index >= 15 is 0 Å². The van der Waals surface area contributed by atoms with Crippen LogP contribution in [0, 0.1) is 0 Å². The molecule has 9 rings (SSSR count). The van der Waals surface area contributed by atoms with Crippen LogP contribution in [0.4, 0.5) is 0 Å². The third-order valence-electron chi connectivity index (χ3n) is 9.13. The summed E-state index contributed by atoms with van der Waals surface area (Å²) >= 11 is 0. The van der Waals surface area contributed by atoms with E-state index in [4.69, 9.17) is 9.97 Å². The Bertz CT molecular complexity index is 2540. The van der Waals surface area contributed by atoms with Crippen LogP contribution in [-0.4, -0.2) is 19.9 Å². The first-order chi connectivity index (χ1) is 23.8. The molecule has 5 aromatic carbocycles. The molecule has 0 aliphatic rings. The second kappa shape index (κ2) is 11.7. The van der Waals surface area contributed by atoms with Crippen LogP contribution < -0.4 is 0 Å². The van der Waals surface area contributed by atoms with Crippen molar-refractivity contribution in [3.8, 4) is 55.9 Å². The molecule has 0 saturated carbocycles. The normalized spacial score (nSPS) is 11.3. The lowest BCUT2D eigenvalue weighted by Gasteiger charge is -2.14. The number of pyridine rings is 4. The van der Waals surface area contributed by atoms with Crippen LogP contribution in [0.2, 0.25) is 0 Å². The predicted octanol–water partition coefficient (Wildman–Crippen LogP) is 11.1. The standard InChI is InChI=1S/C44H28N4/c1-2-6-36-34(5-1)28-47-44-25-33(13-14-41(36)44)38-16-15-37(39-7-3-4-8-40(38)39)30-11-9-29(10-12-30)35-26-42(31-17-21-45-22-18-31)48-43(27-35)32-19-23-46-24-20-32/h1-28H. The van der Waals surface area contributed by atoms with Gasteiger partial charge in [-0.25, -0.2) is 4.98 Å². The molecule has 0 radical (unpaired) electrons. The Hall–Kier alpha value is -6.52. The zero-order valence-corrected chi connectivity index (χ0v) is 26.0. The van der Waals surface area contributed by atoms with Crippen molar-refractivity contribution in [3.05, 3.63) is 171 Å². The van der Waals surface area contributed by atoms with Gasteiger partial charge in [-0.05, 0) is 92.0 Å². The van der Waals surface area contributed by atoms with E-state index in [2.05, 4.69) is 125 Å². The van der Waals surface area contributed by atoms with Crippen molar-refractivity contribution < 1.29 is 0 Å². The molecule has 0 aliphatic carbocycles. The highest BCUT2D eigenvalue weighted by Crippen LogP contribution is 2.38. The first-order valence-corrected chi connectivity index (χ1v) is 16.0. The fourth-order valence-corrected chi connectivity index (χ4v) is 6.71. The quantitative estimate of drug-likeness (QED) is 0.181. The van der Waals surface area contributed by atoms with Gasteiger partial charge in [0.05, 0.1) is 16.9 Å². The van der Waals surface area contributed by atoms with Gasteiger partial charge < -0.3 is 0 Å². The molecule has 0 aliphatic heterocycles. The third-order valence-corrected chi connectivity index (χ3v) is 9.13. The predicted molar refractivity (Wildman–Crippen MR) is 197 cm³/mol. The van der Waals surface area contributed by atoms with Gasteiger partial charge in [-0.1, -0.05) is 97.1 Å². The molecule has 0 saturated heterocycles. The molecular formula is C44H28N4. The van der Waals surface area contributed by atoms with E-state index in [0.717, 1.165) is 50.1 Å². The molecule has 4 aromatic heterocycles. The number of hydrogen-bond donors (Lipinski definition) is 0. The van der Waals surface area contributed by atoms with Gasteiger partial charge in [0.15, 0.2) is 0 Å². The lowest BCUT2D eigenvalue weighted by molar-refractivity contribution is 1.27. The van der Waals surface area contributed by atoms with E-state index in [-0.39, 0.29) is 0 Å². The van der Waals surface area contributed by atoms with E-state index < -0.39 is 0 Å². The first kappa shape index (κ1) is 27.8. The molecule has 0 amide bonds. The molecule has 0 atom stereocenters. The largest absolute Gasteiger partial charge is 0.265 e. The van der Waals surface area contributed by atoms with E-state index in [0.29, 0.717) is 0 Å². The smallest absolute Gasteiger partial charge is 0.0716 e. The number of rotatable bonds is 5. The Morgan fingerprint density at radius 1 is 0.354 bits per heavy atom. The zero-order valence-electron chi connectivity index (χ0n) is 26.0. The van der Waals surface area contributed by atoms with Gasteiger partial charge in [0.25, 0.3) is 0 Å². The van der Waals surface area contributed by atoms with Crippen LogP contribution in [0.1, 0.15) is 0 Å². The molecule has 48 heavy (non-hydrogen) atoms. The summed E-state index contributed by atoms with van der Waals surface area (Å²) in [4.78, 5) is 18.2. The fourth-order valence-electron chi connectivity index (χ4n) is 6.71. The van der Waals surface area contributed by atoms with Crippen molar-refractivity contribution >= 4 is 32.4 Å². The Morgan fingerprint density at radius 2 is 0.896 bits per heavy atom. The number of benzene rings is 5. The van der Waals surface area contributed by atoms with E-state index in [1.54, 1.807) is 24.8 Å². The van der Waals surface area contributed by atoms with Crippen molar-refractivity contribution in [1.82, 2.24) is 19.9 Å². The van der Waals surface area contributed by atoms with Crippen LogP contribution in [0.15, 0.2) is 171 Å². The minimum atomic E-state index is 0.907. The SMILES string of the molecule is c1ccc2c(c1)cnc1cc(-c3ccc(-c4ccc(-c5cc(-c6ccncc6)nc(-c6ccncc6)c5)cc4)c4ccccc34)ccc12. The highest BCUT2D eigenvalue weighted by Gasteiger charge is 2.13. The fraction of sp³-hybridized carbons (Fsp3) is 0. The Labute approximate surface area is 278 Å². The van der Waals surface area contributed by atoms with Crippen LogP contribution in [0.3, 0.4) is 0 Å². The summed E-state index contributed by atoms with van der Waals surface area (Å²) in [6, 6.07) is 49.4. The molecule has 4 nitrogen and oxygen atoms in total. The number of nitrogens with zero attached hydrogens (tertiary/aromatic N) is 4. The van der Waals surface area contributed by atoms with Gasteiger partial charge in [-0.2, -0.15) is 0 Å².